The van der Waals surface area contributed by atoms with Gasteiger partial charge in [-0.15, -0.1) is 0 Å². The largest absolute Gasteiger partial charge is 0.303 e. The molecule has 314 valence electrons. The standard InChI is InChI=1S/C54H93N/c1-4-7-10-13-16-19-22-25-28-31-34-37-40-43-46-49-52-55(53-50-47-44-41-38-35-32-29-26-23-20-17-14-11-8-5-2)54-51-48-45-42-39-36-33-30-27-24-21-18-15-12-9-6-3/h13-30H,4-12,31-54H2,1-3H3. The summed E-state index contributed by atoms with van der Waals surface area (Å²) in [5.74, 6) is 0. The van der Waals surface area contributed by atoms with E-state index in [1.165, 1.54) is 212 Å². The molecular formula is C54H93N. The summed E-state index contributed by atoms with van der Waals surface area (Å²) in [6.45, 7) is 10.7. The van der Waals surface area contributed by atoms with Gasteiger partial charge in [0.05, 0.1) is 0 Å². The zero-order chi connectivity index (χ0) is 39.6. The van der Waals surface area contributed by atoms with Crippen LogP contribution < -0.4 is 0 Å². The van der Waals surface area contributed by atoms with Gasteiger partial charge in [-0.1, -0.05) is 246 Å². The minimum absolute atomic E-state index is 1.20. The third-order valence-electron chi connectivity index (χ3n) is 10.3. The molecule has 0 heterocycles. The number of nitrogens with zero attached hydrogens (tertiary/aromatic N) is 1. The fourth-order valence-electron chi connectivity index (χ4n) is 6.65. The molecule has 0 aliphatic carbocycles. The monoisotopic (exact) mass is 756 g/mol. The number of unbranched alkanes of at least 4 members (excludes halogenated alkanes) is 24. The van der Waals surface area contributed by atoms with Crippen molar-refractivity contribution < 1.29 is 0 Å². The van der Waals surface area contributed by atoms with Crippen molar-refractivity contribution in [2.75, 3.05) is 19.6 Å². The van der Waals surface area contributed by atoms with E-state index in [0.717, 1.165) is 0 Å². The van der Waals surface area contributed by atoms with Crippen LogP contribution >= 0.6 is 0 Å². The van der Waals surface area contributed by atoms with Crippen LogP contribution in [-0.4, -0.2) is 24.5 Å². The van der Waals surface area contributed by atoms with Crippen LogP contribution in [0.4, 0.5) is 0 Å². The summed E-state index contributed by atoms with van der Waals surface area (Å²) >= 11 is 0. The molecule has 0 aliphatic rings. The highest BCUT2D eigenvalue weighted by molar-refractivity contribution is 5.12. The highest BCUT2D eigenvalue weighted by Crippen LogP contribution is 2.13. The highest BCUT2D eigenvalue weighted by Gasteiger charge is 2.05. The predicted octanol–water partition coefficient (Wildman–Crippen LogP) is 18.1. The second-order valence-electron chi connectivity index (χ2n) is 15.7. The van der Waals surface area contributed by atoms with Gasteiger partial charge >= 0.3 is 0 Å². The molecule has 0 spiro atoms. The second kappa shape index (κ2) is 49.6. The van der Waals surface area contributed by atoms with E-state index in [2.05, 4.69) is 135 Å². The first-order valence-corrected chi connectivity index (χ1v) is 24.0. The van der Waals surface area contributed by atoms with Crippen molar-refractivity contribution in [1.29, 1.82) is 0 Å². The molecule has 0 saturated carbocycles. The van der Waals surface area contributed by atoms with Crippen LogP contribution in [0.3, 0.4) is 0 Å². The van der Waals surface area contributed by atoms with E-state index >= 15 is 0 Å². The summed E-state index contributed by atoms with van der Waals surface area (Å²) in [4.78, 5) is 2.83. The lowest BCUT2D eigenvalue weighted by Crippen LogP contribution is -2.27. The lowest BCUT2D eigenvalue weighted by Gasteiger charge is -2.22. The van der Waals surface area contributed by atoms with Crippen LogP contribution in [0.15, 0.2) is 109 Å². The first kappa shape index (κ1) is 52.6. The fourth-order valence-corrected chi connectivity index (χ4v) is 6.65. The van der Waals surface area contributed by atoms with E-state index < -0.39 is 0 Å². The third-order valence-corrected chi connectivity index (χ3v) is 10.3. The number of hydrogen-bond acceptors (Lipinski definition) is 1. The summed E-state index contributed by atoms with van der Waals surface area (Å²) in [6, 6.07) is 0. The quantitative estimate of drug-likeness (QED) is 0.0443. The Bertz CT molecular complexity index is 870. The van der Waals surface area contributed by atoms with Gasteiger partial charge in [0.15, 0.2) is 0 Å². The first-order chi connectivity index (χ1) is 27.3. The Hall–Kier alpha value is -2.38. The van der Waals surface area contributed by atoms with Crippen LogP contribution in [0, 0.1) is 0 Å². The smallest absolute Gasteiger partial charge is 0.00187 e. The van der Waals surface area contributed by atoms with Gasteiger partial charge in [0.2, 0.25) is 0 Å². The first-order valence-electron chi connectivity index (χ1n) is 24.0. The van der Waals surface area contributed by atoms with Crippen molar-refractivity contribution in [1.82, 2.24) is 4.90 Å². The molecule has 0 aromatic rings. The summed E-state index contributed by atoms with van der Waals surface area (Å²) in [5.41, 5.74) is 0. The molecule has 1 nitrogen and oxygen atoms in total. The molecule has 0 amide bonds. The second-order valence-corrected chi connectivity index (χ2v) is 15.7. The maximum absolute atomic E-state index is 2.83. The normalized spacial score (nSPS) is 13.1. The summed E-state index contributed by atoms with van der Waals surface area (Å²) in [6.07, 6.45) is 80.0. The van der Waals surface area contributed by atoms with Crippen molar-refractivity contribution in [3.05, 3.63) is 109 Å². The Morgan fingerprint density at radius 1 is 0.218 bits per heavy atom. The highest BCUT2D eigenvalue weighted by atomic mass is 15.1. The zero-order valence-corrected chi connectivity index (χ0v) is 37.2. The molecule has 0 bridgehead atoms. The lowest BCUT2D eigenvalue weighted by molar-refractivity contribution is 0.254. The van der Waals surface area contributed by atoms with Crippen LogP contribution in [0.5, 0.6) is 0 Å². The number of rotatable bonds is 42. The SMILES string of the molecule is CCCCC=CC=CC=CCCCCCCCCN(CCCCCCCCC=CC=CC=CCCCC)CCCCCCCCC=CC=CC=CCCCC. The van der Waals surface area contributed by atoms with Crippen molar-refractivity contribution in [3.63, 3.8) is 0 Å². The van der Waals surface area contributed by atoms with Crippen molar-refractivity contribution in [3.8, 4) is 0 Å². The van der Waals surface area contributed by atoms with E-state index in [1.54, 1.807) is 0 Å². The van der Waals surface area contributed by atoms with E-state index in [0.29, 0.717) is 0 Å². The Balaban J connectivity index is 4.21. The Morgan fingerprint density at radius 3 is 0.655 bits per heavy atom. The van der Waals surface area contributed by atoms with Gasteiger partial charge in [-0.25, -0.2) is 0 Å². The molecule has 0 unspecified atom stereocenters. The van der Waals surface area contributed by atoms with Gasteiger partial charge in [-0.2, -0.15) is 0 Å². The molecule has 0 atom stereocenters. The minimum atomic E-state index is 1.20. The average molecular weight is 756 g/mol. The van der Waals surface area contributed by atoms with E-state index in [9.17, 15) is 0 Å². The van der Waals surface area contributed by atoms with E-state index in [4.69, 9.17) is 0 Å². The van der Waals surface area contributed by atoms with E-state index in [1.807, 2.05) is 0 Å². The molecule has 0 radical (unpaired) electrons. The van der Waals surface area contributed by atoms with Crippen LogP contribution in [0.1, 0.15) is 213 Å². The minimum Gasteiger partial charge on any atom is -0.303 e. The maximum atomic E-state index is 2.83. The molecule has 0 fully saturated rings. The molecule has 0 N–H and O–H groups in total. The molecule has 55 heavy (non-hydrogen) atoms. The van der Waals surface area contributed by atoms with Crippen LogP contribution in [0.25, 0.3) is 0 Å². The van der Waals surface area contributed by atoms with Crippen LogP contribution in [0.2, 0.25) is 0 Å². The molecule has 0 aromatic carbocycles. The Labute approximate surface area is 346 Å². The molecule has 0 aliphatic heterocycles. The Morgan fingerprint density at radius 2 is 0.418 bits per heavy atom. The van der Waals surface area contributed by atoms with Crippen molar-refractivity contribution in [2.45, 2.75) is 213 Å². The molecule has 1 heteroatoms. The molecular weight excluding hydrogens is 663 g/mol. The Kier molecular flexibility index (Phi) is 47.5. The average Bonchev–Trinajstić information content (AvgIpc) is 3.20. The predicted molar refractivity (Wildman–Crippen MR) is 254 cm³/mol. The van der Waals surface area contributed by atoms with Gasteiger partial charge in [0.25, 0.3) is 0 Å². The van der Waals surface area contributed by atoms with Gasteiger partial charge in [0.1, 0.15) is 0 Å². The van der Waals surface area contributed by atoms with Crippen LogP contribution in [-0.2, 0) is 0 Å². The van der Waals surface area contributed by atoms with Gasteiger partial charge in [0, 0.05) is 0 Å². The summed E-state index contributed by atoms with van der Waals surface area (Å²) in [7, 11) is 0. The molecule has 0 saturated heterocycles. The van der Waals surface area contributed by atoms with Crippen molar-refractivity contribution >= 4 is 0 Å². The van der Waals surface area contributed by atoms with Crippen molar-refractivity contribution in [2.24, 2.45) is 0 Å². The van der Waals surface area contributed by atoms with Gasteiger partial charge < -0.3 is 4.90 Å². The summed E-state index contributed by atoms with van der Waals surface area (Å²) in [5, 5.41) is 0. The number of allylic oxidation sites excluding steroid dienone is 18. The van der Waals surface area contributed by atoms with E-state index in [-0.39, 0.29) is 0 Å². The maximum Gasteiger partial charge on any atom is -0.00187 e. The molecule has 0 aromatic heterocycles. The molecule has 0 rings (SSSR count). The zero-order valence-electron chi connectivity index (χ0n) is 37.2. The fraction of sp³-hybridized carbons (Fsp3) is 0.667. The lowest BCUT2D eigenvalue weighted by atomic mass is 10.1. The van der Waals surface area contributed by atoms with Gasteiger partial charge in [-0.3, -0.25) is 0 Å². The topological polar surface area (TPSA) is 3.24 Å². The summed E-state index contributed by atoms with van der Waals surface area (Å²) < 4.78 is 0. The van der Waals surface area contributed by atoms with Gasteiger partial charge in [-0.05, 0) is 96.7 Å². The number of hydrogen-bond donors (Lipinski definition) is 0. The third kappa shape index (κ3) is 47.7.